The number of hydrogen-bond acceptors (Lipinski definition) is 4. The molecule has 1 fully saturated rings. The van der Waals surface area contributed by atoms with Crippen molar-refractivity contribution < 1.29 is 0 Å². The number of hydrogen-bond donors (Lipinski definition) is 1. The van der Waals surface area contributed by atoms with Crippen molar-refractivity contribution in [2.75, 3.05) is 18.0 Å². The molecular weight excluding hydrogens is 236 g/mol. The molecule has 4 nitrogen and oxygen atoms in total. The topological polar surface area (TPSA) is 55.0 Å². The summed E-state index contributed by atoms with van der Waals surface area (Å²) in [6, 6.07) is 2.79. The van der Waals surface area contributed by atoms with Crippen molar-refractivity contribution in [3.8, 4) is 0 Å². The molecule has 0 radical (unpaired) electrons. The van der Waals surface area contributed by atoms with Crippen LogP contribution in [0.4, 0.5) is 5.82 Å². The van der Waals surface area contributed by atoms with Crippen LogP contribution in [0.2, 0.25) is 0 Å². The Labute approximate surface area is 116 Å². The van der Waals surface area contributed by atoms with E-state index in [0.29, 0.717) is 12.0 Å². The SMILES string of the molecule is CC(C)c1cc(N(CCCN)C2CCCC2)ncn1. The van der Waals surface area contributed by atoms with Gasteiger partial charge in [-0.3, -0.25) is 0 Å². The van der Waals surface area contributed by atoms with Gasteiger partial charge in [0.25, 0.3) is 0 Å². The third kappa shape index (κ3) is 3.66. The van der Waals surface area contributed by atoms with Crippen LogP contribution in [-0.2, 0) is 0 Å². The molecule has 1 saturated carbocycles. The molecule has 0 aromatic carbocycles. The summed E-state index contributed by atoms with van der Waals surface area (Å²) in [5.41, 5.74) is 6.80. The Balaban J connectivity index is 2.18. The standard InChI is InChI=1S/C15H26N4/c1-12(2)14-10-15(18-11-17-14)19(9-5-8-16)13-6-3-4-7-13/h10-13H,3-9,16H2,1-2H3. The van der Waals surface area contributed by atoms with Crippen LogP contribution in [0.5, 0.6) is 0 Å². The summed E-state index contributed by atoms with van der Waals surface area (Å²) in [5.74, 6) is 1.53. The number of rotatable bonds is 6. The van der Waals surface area contributed by atoms with Gasteiger partial charge in [-0.2, -0.15) is 0 Å². The summed E-state index contributed by atoms with van der Waals surface area (Å²) in [6.45, 7) is 6.10. The Morgan fingerprint density at radius 2 is 2.05 bits per heavy atom. The zero-order chi connectivity index (χ0) is 13.7. The Hall–Kier alpha value is -1.16. The van der Waals surface area contributed by atoms with E-state index in [4.69, 9.17) is 5.73 Å². The Morgan fingerprint density at radius 1 is 1.32 bits per heavy atom. The van der Waals surface area contributed by atoms with Crippen LogP contribution in [0.25, 0.3) is 0 Å². The van der Waals surface area contributed by atoms with Gasteiger partial charge in [0.2, 0.25) is 0 Å². The summed E-state index contributed by atoms with van der Waals surface area (Å²) < 4.78 is 0. The molecule has 1 heterocycles. The molecule has 4 heteroatoms. The summed E-state index contributed by atoms with van der Waals surface area (Å²) in [5, 5.41) is 0. The van der Waals surface area contributed by atoms with Crippen LogP contribution in [0, 0.1) is 0 Å². The lowest BCUT2D eigenvalue weighted by atomic mass is 10.1. The Morgan fingerprint density at radius 3 is 2.68 bits per heavy atom. The predicted octanol–water partition coefficient (Wildman–Crippen LogP) is 2.70. The van der Waals surface area contributed by atoms with Crippen molar-refractivity contribution in [1.82, 2.24) is 9.97 Å². The molecule has 2 rings (SSSR count). The van der Waals surface area contributed by atoms with E-state index in [0.717, 1.165) is 31.0 Å². The number of anilines is 1. The first-order valence-corrected chi connectivity index (χ1v) is 7.51. The fraction of sp³-hybridized carbons (Fsp3) is 0.733. The number of nitrogens with two attached hydrogens (primary N) is 1. The van der Waals surface area contributed by atoms with Gasteiger partial charge in [0.15, 0.2) is 0 Å². The molecule has 19 heavy (non-hydrogen) atoms. The minimum atomic E-state index is 0.446. The minimum Gasteiger partial charge on any atom is -0.353 e. The molecule has 0 saturated heterocycles. The predicted molar refractivity (Wildman–Crippen MR) is 79.4 cm³/mol. The van der Waals surface area contributed by atoms with Crippen LogP contribution >= 0.6 is 0 Å². The molecule has 0 bridgehead atoms. The van der Waals surface area contributed by atoms with Gasteiger partial charge in [0.1, 0.15) is 12.1 Å². The van der Waals surface area contributed by atoms with Crippen LogP contribution in [-0.4, -0.2) is 29.1 Å². The zero-order valence-corrected chi connectivity index (χ0v) is 12.2. The quantitative estimate of drug-likeness (QED) is 0.856. The van der Waals surface area contributed by atoms with Crippen molar-refractivity contribution in [1.29, 1.82) is 0 Å². The summed E-state index contributed by atoms with van der Waals surface area (Å²) in [7, 11) is 0. The maximum atomic E-state index is 5.67. The number of nitrogens with zero attached hydrogens (tertiary/aromatic N) is 3. The molecule has 1 aliphatic carbocycles. The third-order valence-corrected chi connectivity index (χ3v) is 3.93. The summed E-state index contributed by atoms with van der Waals surface area (Å²) >= 11 is 0. The normalized spacial score (nSPS) is 16.2. The smallest absolute Gasteiger partial charge is 0.132 e. The van der Waals surface area contributed by atoms with Crippen molar-refractivity contribution in [2.24, 2.45) is 5.73 Å². The van der Waals surface area contributed by atoms with Gasteiger partial charge in [-0.1, -0.05) is 26.7 Å². The van der Waals surface area contributed by atoms with Gasteiger partial charge in [0, 0.05) is 24.3 Å². The van der Waals surface area contributed by atoms with Gasteiger partial charge >= 0.3 is 0 Å². The van der Waals surface area contributed by atoms with Gasteiger partial charge in [-0.05, 0) is 31.7 Å². The summed E-state index contributed by atoms with van der Waals surface area (Å²) in [4.78, 5) is 11.3. The second-order valence-corrected chi connectivity index (χ2v) is 5.73. The number of aromatic nitrogens is 2. The highest BCUT2D eigenvalue weighted by molar-refractivity contribution is 5.41. The average molecular weight is 262 g/mol. The molecule has 0 unspecified atom stereocenters. The lowest BCUT2D eigenvalue weighted by molar-refractivity contribution is 0.585. The van der Waals surface area contributed by atoms with E-state index in [1.54, 1.807) is 6.33 Å². The first-order valence-electron chi connectivity index (χ1n) is 7.51. The van der Waals surface area contributed by atoms with Crippen LogP contribution in [0.15, 0.2) is 12.4 Å². The van der Waals surface area contributed by atoms with Crippen molar-refractivity contribution in [2.45, 2.75) is 57.9 Å². The maximum absolute atomic E-state index is 5.67. The first-order chi connectivity index (χ1) is 9.22. The lowest BCUT2D eigenvalue weighted by Crippen LogP contribution is -2.35. The maximum Gasteiger partial charge on any atom is 0.132 e. The van der Waals surface area contributed by atoms with E-state index >= 15 is 0 Å². The molecular formula is C15H26N4. The second-order valence-electron chi connectivity index (χ2n) is 5.73. The highest BCUT2D eigenvalue weighted by atomic mass is 15.2. The molecule has 106 valence electrons. The van der Waals surface area contributed by atoms with E-state index in [1.165, 1.54) is 25.7 Å². The van der Waals surface area contributed by atoms with Crippen molar-refractivity contribution >= 4 is 5.82 Å². The van der Waals surface area contributed by atoms with E-state index in [1.807, 2.05) is 0 Å². The lowest BCUT2D eigenvalue weighted by Gasteiger charge is -2.30. The van der Waals surface area contributed by atoms with E-state index in [-0.39, 0.29) is 0 Å². The van der Waals surface area contributed by atoms with Gasteiger partial charge in [-0.15, -0.1) is 0 Å². The highest BCUT2D eigenvalue weighted by Gasteiger charge is 2.23. The van der Waals surface area contributed by atoms with Crippen molar-refractivity contribution in [3.63, 3.8) is 0 Å². The minimum absolute atomic E-state index is 0.446. The molecule has 0 amide bonds. The average Bonchev–Trinajstić information content (AvgIpc) is 2.93. The fourth-order valence-electron chi connectivity index (χ4n) is 2.80. The van der Waals surface area contributed by atoms with Crippen LogP contribution < -0.4 is 10.6 Å². The van der Waals surface area contributed by atoms with Crippen molar-refractivity contribution in [3.05, 3.63) is 18.1 Å². The monoisotopic (exact) mass is 262 g/mol. The molecule has 1 aliphatic rings. The molecule has 0 aliphatic heterocycles. The third-order valence-electron chi connectivity index (χ3n) is 3.93. The molecule has 0 atom stereocenters. The van der Waals surface area contributed by atoms with E-state index in [2.05, 4.69) is 34.8 Å². The fourth-order valence-corrected chi connectivity index (χ4v) is 2.80. The molecule has 1 aromatic heterocycles. The largest absolute Gasteiger partial charge is 0.353 e. The van der Waals surface area contributed by atoms with Gasteiger partial charge < -0.3 is 10.6 Å². The zero-order valence-electron chi connectivity index (χ0n) is 12.2. The first kappa shape index (κ1) is 14.3. The van der Waals surface area contributed by atoms with E-state index in [9.17, 15) is 0 Å². The van der Waals surface area contributed by atoms with Crippen LogP contribution in [0.3, 0.4) is 0 Å². The Kier molecular flexibility index (Phi) is 5.14. The second kappa shape index (κ2) is 6.85. The van der Waals surface area contributed by atoms with E-state index < -0.39 is 0 Å². The molecule has 1 aromatic rings. The molecule has 2 N–H and O–H groups in total. The molecule has 0 spiro atoms. The Bertz CT molecular complexity index is 385. The van der Waals surface area contributed by atoms with Crippen LogP contribution in [0.1, 0.15) is 57.6 Å². The summed E-state index contributed by atoms with van der Waals surface area (Å²) in [6.07, 6.45) is 7.97. The van der Waals surface area contributed by atoms with Gasteiger partial charge in [-0.25, -0.2) is 9.97 Å². The van der Waals surface area contributed by atoms with Gasteiger partial charge in [0.05, 0.1) is 0 Å². The highest BCUT2D eigenvalue weighted by Crippen LogP contribution is 2.28.